The van der Waals surface area contributed by atoms with Gasteiger partial charge in [-0.25, -0.2) is 0 Å². The molecule has 2 aliphatic heterocycles. The van der Waals surface area contributed by atoms with Crippen molar-refractivity contribution in [3.63, 3.8) is 0 Å². The van der Waals surface area contributed by atoms with Gasteiger partial charge in [0.2, 0.25) is 0 Å². The molecule has 0 saturated carbocycles. The van der Waals surface area contributed by atoms with Gasteiger partial charge in [-0.05, 0) is 44.5 Å². The van der Waals surface area contributed by atoms with Gasteiger partial charge in [0.05, 0.1) is 17.4 Å². The van der Waals surface area contributed by atoms with Gasteiger partial charge in [0, 0.05) is 32.4 Å². The van der Waals surface area contributed by atoms with Crippen molar-refractivity contribution in [3.8, 4) is 0 Å². The summed E-state index contributed by atoms with van der Waals surface area (Å²) in [6.07, 6.45) is 4.21. The van der Waals surface area contributed by atoms with Crippen molar-refractivity contribution in [2.45, 2.75) is 25.8 Å². The van der Waals surface area contributed by atoms with Gasteiger partial charge in [-0.1, -0.05) is 12.1 Å². The first kappa shape index (κ1) is 16.1. The minimum atomic E-state index is -0.00859. The van der Waals surface area contributed by atoms with Crippen LogP contribution >= 0.6 is 0 Å². The van der Waals surface area contributed by atoms with Gasteiger partial charge in [0.15, 0.2) is 5.69 Å². The molecule has 1 N–H and O–H groups in total. The van der Waals surface area contributed by atoms with E-state index in [-0.39, 0.29) is 5.91 Å². The summed E-state index contributed by atoms with van der Waals surface area (Å²) in [5.41, 5.74) is 2.64. The van der Waals surface area contributed by atoms with E-state index in [0.717, 1.165) is 50.4 Å². The highest BCUT2D eigenvalue weighted by Gasteiger charge is 2.28. The first-order valence-corrected chi connectivity index (χ1v) is 9.19. The lowest BCUT2D eigenvalue weighted by atomic mass is 10.1. The lowest BCUT2D eigenvalue weighted by Gasteiger charge is -2.36. The number of hydrogen-bond acceptors (Lipinski definition) is 4. The number of piperidine rings is 1. The number of benzene rings is 1. The van der Waals surface area contributed by atoms with Crippen LogP contribution in [0.3, 0.4) is 0 Å². The van der Waals surface area contributed by atoms with E-state index < -0.39 is 0 Å². The Balaban J connectivity index is 1.58. The molecular formula is C19H25N5O. The number of amides is 1. The van der Waals surface area contributed by atoms with E-state index in [2.05, 4.69) is 28.3 Å². The second-order valence-corrected chi connectivity index (χ2v) is 6.71. The molecule has 0 spiro atoms. The Bertz CT molecular complexity index is 750. The highest BCUT2D eigenvalue weighted by molar-refractivity contribution is 6.07. The second kappa shape index (κ2) is 6.88. The third-order valence-corrected chi connectivity index (χ3v) is 5.21. The summed E-state index contributed by atoms with van der Waals surface area (Å²) < 4.78 is 1.95. The minimum absolute atomic E-state index is 0.00859. The molecule has 25 heavy (non-hydrogen) atoms. The first-order valence-electron chi connectivity index (χ1n) is 9.19. The Hall–Kier alpha value is -2.34. The summed E-state index contributed by atoms with van der Waals surface area (Å²) in [5.74, 6) is -0.00859. The van der Waals surface area contributed by atoms with Crippen LogP contribution in [0, 0.1) is 0 Å². The van der Waals surface area contributed by atoms with E-state index in [0.29, 0.717) is 18.3 Å². The smallest absolute Gasteiger partial charge is 0.278 e. The van der Waals surface area contributed by atoms with Crippen molar-refractivity contribution in [1.82, 2.24) is 15.1 Å². The fraction of sp³-hybridized carbons (Fsp3) is 0.474. The van der Waals surface area contributed by atoms with Crippen molar-refractivity contribution < 1.29 is 4.79 Å². The van der Waals surface area contributed by atoms with Crippen LogP contribution in [0.1, 0.15) is 36.3 Å². The molecule has 6 nitrogen and oxygen atoms in total. The second-order valence-electron chi connectivity index (χ2n) is 6.71. The number of carbonyl (C=O) groups excluding carboxylic acids is 1. The molecule has 6 heteroatoms. The Morgan fingerprint density at radius 1 is 1.24 bits per heavy atom. The number of likely N-dealkylation sites (N-methyl/N-ethyl adjacent to an activating group) is 1. The van der Waals surface area contributed by atoms with E-state index in [1.54, 1.807) is 0 Å². The normalized spacial score (nSPS) is 20.4. The number of rotatable bonds is 3. The molecule has 1 fully saturated rings. The number of hydrogen-bond donors (Lipinski definition) is 1. The van der Waals surface area contributed by atoms with Gasteiger partial charge >= 0.3 is 0 Å². The number of nitrogens with zero attached hydrogens (tertiary/aromatic N) is 4. The number of carbonyl (C=O) groups is 1. The number of fused-ring (bicyclic) bond motifs is 1. The lowest BCUT2D eigenvalue weighted by molar-refractivity contribution is 0.0980. The molecule has 4 rings (SSSR count). The maximum absolute atomic E-state index is 13.1. The van der Waals surface area contributed by atoms with Crippen molar-refractivity contribution in [2.24, 2.45) is 0 Å². The molecule has 2 aliphatic rings. The van der Waals surface area contributed by atoms with Crippen LogP contribution in [-0.4, -0.2) is 48.4 Å². The van der Waals surface area contributed by atoms with Crippen LogP contribution in [0.15, 0.2) is 36.5 Å². The molecule has 1 saturated heterocycles. The molecule has 0 bridgehead atoms. The maximum atomic E-state index is 13.1. The molecule has 0 aliphatic carbocycles. The minimum Gasteiger partial charge on any atom is -0.368 e. The number of para-hydroxylation sites is 2. The zero-order valence-corrected chi connectivity index (χ0v) is 14.7. The molecule has 1 amide bonds. The average Bonchev–Trinajstić information content (AvgIpc) is 3.17. The zero-order chi connectivity index (χ0) is 17.2. The standard InChI is InChI=1S/C19H25N5O/c1-2-22-12-13-23(18-8-4-3-7-17(18)22)19(25)16-9-11-24(21-16)15-6-5-10-20-14-15/h3-4,7-9,11,15,20H,2,5-6,10,12-14H2,1H3. The van der Waals surface area contributed by atoms with Crippen LogP contribution in [0.25, 0.3) is 0 Å². The summed E-state index contributed by atoms with van der Waals surface area (Å²) in [4.78, 5) is 17.2. The van der Waals surface area contributed by atoms with E-state index in [1.165, 1.54) is 0 Å². The number of anilines is 2. The molecule has 1 aromatic carbocycles. The average molecular weight is 339 g/mol. The van der Waals surface area contributed by atoms with Crippen LogP contribution in [0.4, 0.5) is 11.4 Å². The Kier molecular flexibility index (Phi) is 4.44. The topological polar surface area (TPSA) is 53.4 Å². The van der Waals surface area contributed by atoms with Gasteiger partial charge in [0.1, 0.15) is 0 Å². The Labute approximate surface area is 148 Å². The van der Waals surface area contributed by atoms with Crippen molar-refractivity contribution in [3.05, 3.63) is 42.2 Å². The first-order chi connectivity index (χ1) is 12.3. The highest BCUT2D eigenvalue weighted by atomic mass is 16.2. The van der Waals surface area contributed by atoms with E-state index in [1.807, 2.05) is 40.0 Å². The summed E-state index contributed by atoms with van der Waals surface area (Å²) in [6.45, 7) is 6.64. The van der Waals surface area contributed by atoms with Gasteiger partial charge in [-0.2, -0.15) is 5.10 Å². The highest BCUT2D eigenvalue weighted by Crippen LogP contribution is 2.33. The predicted octanol–water partition coefficient (Wildman–Crippen LogP) is 2.29. The molecule has 1 atom stereocenters. The van der Waals surface area contributed by atoms with Crippen molar-refractivity contribution in [2.75, 3.05) is 42.5 Å². The summed E-state index contributed by atoms with van der Waals surface area (Å²) in [7, 11) is 0. The van der Waals surface area contributed by atoms with Crippen LogP contribution in [0.2, 0.25) is 0 Å². The summed E-state index contributed by atoms with van der Waals surface area (Å²) >= 11 is 0. The molecule has 0 radical (unpaired) electrons. The van der Waals surface area contributed by atoms with Crippen LogP contribution in [0.5, 0.6) is 0 Å². The zero-order valence-electron chi connectivity index (χ0n) is 14.7. The lowest BCUT2D eigenvalue weighted by Crippen LogP contribution is -2.44. The van der Waals surface area contributed by atoms with E-state index in [4.69, 9.17) is 0 Å². The number of aromatic nitrogens is 2. The van der Waals surface area contributed by atoms with Gasteiger partial charge in [-0.3, -0.25) is 9.48 Å². The van der Waals surface area contributed by atoms with E-state index in [9.17, 15) is 4.79 Å². The largest absolute Gasteiger partial charge is 0.368 e. The van der Waals surface area contributed by atoms with Gasteiger partial charge < -0.3 is 15.1 Å². The summed E-state index contributed by atoms with van der Waals surface area (Å²) in [5, 5.41) is 7.99. The molecular weight excluding hydrogens is 314 g/mol. The van der Waals surface area contributed by atoms with Crippen molar-refractivity contribution >= 4 is 17.3 Å². The Morgan fingerprint density at radius 3 is 2.84 bits per heavy atom. The molecule has 132 valence electrons. The summed E-state index contributed by atoms with van der Waals surface area (Å²) in [6, 6.07) is 10.3. The third kappa shape index (κ3) is 3.02. The van der Waals surface area contributed by atoms with Gasteiger partial charge in [-0.15, -0.1) is 0 Å². The molecule has 1 unspecified atom stereocenters. The molecule has 2 aromatic rings. The SMILES string of the molecule is CCN1CCN(C(=O)c2ccn(C3CCCNC3)n2)c2ccccc21. The molecule has 1 aromatic heterocycles. The van der Waals surface area contributed by atoms with E-state index >= 15 is 0 Å². The van der Waals surface area contributed by atoms with Crippen LogP contribution < -0.4 is 15.1 Å². The van der Waals surface area contributed by atoms with Gasteiger partial charge in [0.25, 0.3) is 5.91 Å². The Morgan fingerprint density at radius 2 is 2.08 bits per heavy atom. The fourth-order valence-corrected chi connectivity index (χ4v) is 3.81. The predicted molar refractivity (Wildman–Crippen MR) is 99.4 cm³/mol. The third-order valence-electron chi connectivity index (χ3n) is 5.21. The van der Waals surface area contributed by atoms with Crippen LogP contribution in [-0.2, 0) is 0 Å². The monoisotopic (exact) mass is 339 g/mol. The van der Waals surface area contributed by atoms with Crippen molar-refractivity contribution in [1.29, 1.82) is 0 Å². The maximum Gasteiger partial charge on any atom is 0.278 e. The fourth-order valence-electron chi connectivity index (χ4n) is 3.81. The molecule has 3 heterocycles. The quantitative estimate of drug-likeness (QED) is 0.932. The number of nitrogens with one attached hydrogen (secondary N) is 1.